The third-order valence-electron chi connectivity index (χ3n) is 3.53. The van der Waals surface area contributed by atoms with Crippen molar-refractivity contribution in [2.45, 2.75) is 39.1 Å². The van der Waals surface area contributed by atoms with E-state index in [1.165, 1.54) is 29.7 Å². The zero-order valence-electron chi connectivity index (χ0n) is 17.6. The predicted octanol–water partition coefficient (Wildman–Crippen LogP) is 4.01. The van der Waals surface area contributed by atoms with Crippen LogP contribution in [0.1, 0.15) is 31.4 Å². The van der Waals surface area contributed by atoms with Gasteiger partial charge in [-0.3, -0.25) is 4.79 Å². The topological polar surface area (TPSA) is 119 Å². The van der Waals surface area contributed by atoms with Gasteiger partial charge in [0, 0.05) is 10.3 Å². The molecule has 12 heteroatoms. The second kappa shape index (κ2) is 10.4. The molecule has 0 aromatic carbocycles. The van der Waals surface area contributed by atoms with E-state index in [0.29, 0.717) is 16.6 Å². The Labute approximate surface area is 186 Å². The number of rotatable bonds is 7. The molecule has 0 atom stereocenters. The summed E-state index contributed by atoms with van der Waals surface area (Å²) in [6.45, 7) is 4.98. The summed E-state index contributed by atoms with van der Waals surface area (Å²) >= 11 is 1.25. The van der Waals surface area contributed by atoms with Crippen molar-refractivity contribution in [3.8, 4) is 0 Å². The quantitative estimate of drug-likeness (QED) is 0.526. The van der Waals surface area contributed by atoms with Crippen LogP contribution in [0.4, 0.5) is 23.7 Å². The number of alkyl carbamates (subject to hydrolysis) is 1. The maximum absolute atomic E-state index is 12.8. The summed E-state index contributed by atoms with van der Waals surface area (Å²) in [6.07, 6.45) is -3.41. The second-order valence-electron chi connectivity index (χ2n) is 7.48. The number of carbonyl (C=O) groups is 2. The largest absolute Gasteiger partial charge is 0.463 e. The van der Waals surface area contributed by atoms with Gasteiger partial charge >= 0.3 is 12.3 Å². The summed E-state index contributed by atoms with van der Waals surface area (Å²) in [5.74, 6) is -0.321. The van der Waals surface area contributed by atoms with Gasteiger partial charge in [0.05, 0.1) is 18.5 Å². The Kier molecular flexibility index (Phi) is 8.08. The highest BCUT2D eigenvalue weighted by Gasteiger charge is 2.32. The molecule has 0 aliphatic carbocycles. The number of thiophene rings is 1. The molecule has 2 aromatic rings. The van der Waals surface area contributed by atoms with Gasteiger partial charge in [0.25, 0.3) is 0 Å². The van der Waals surface area contributed by atoms with Crippen LogP contribution in [0.3, 0.4) is 0 Å². The SMILES string of the molecule is CC(C)(C)OC(=O)NCC(=O)NCc1cc(N=C(/C=C(\N)C(F)(F)F)c2ccco2)cs1. The van der Waals surface area contributed by atoms with E-state index >= 15 is 0 Å². The number of carbonyl (C=O) groups excluding carboxylic acids is 2. The Morgan fingerprint density at radius 3 is 2.59 bits per heavy atom. The molecule has 4 N–H and O–H groups in total. The van der Waals surface area contributed by atoms with Crippen LogP contribution in [0.2, 0.25) is 0 Å². The van der Waals surface area contributed by atoms with E-state index < -0.39 is 29.5 Å². The van der Waals surface area contributed by atoms with Gasteiger partial charge in [-0.15, -0.1) is 11.3 Å². The molecular formula is C20H23F3N4O4S. The van der Waals surface area contributed by atoms with Crippen molar-refractivity contribution in [2.24, 2.45) is 10.7 Å². The van der Waals surface area contributed by atoms with Gasteiger partial charge in [-0.1, -0.05) is 0 Å². The first kappa shape index (κ1) is 25.0. The van der Waals surface area contributed by atoms with Gasteiger partial charge in [0.1, 0.15) is 23.6 Å². The molecule has 0 spiro atoms. The summed E-state index contributed by atoms with van der Waals surface area (Å²) in [6, 6.07) is 4.58. The highest BCUT2D eigenvalue weighted by molar-refractivity contribution is 7.10. The van der Waals surface area contributed by atoms with Gasteiger partial charge in [-0.05, 0) is 45.0 Å². The molecule has 0 saturated heterocycles. The highest BCUT2D eigenvalue weighted by atomic mass is 32.1. The minimum Gasteiger partial charge on any atom is -0.463 e. The fourth-order valence-electron chi connectivity index (χ4n) is 2.19. The van der Waals surface area contributed by atoms with Gasteiger partial charge in [0.15, 0.2) is 5.76 Å². The van der Waals surface area contributed by atoms with E-state index in [0.717, 1.165) is 0 Å². The van der Waals surface area contributed by atoms with Crippen molar-refractivity contribution >= 4 is 34.7 Å². The van der Waals surface area contributed by atoms with E-state index in [1.807, 2.05) is 0 Å². The van der Waals surface area contributed by atoms with E-state index in [4.69, 9.17) is 14.9 Å². The highest BCUT2D eigenvalue weighted by Crippen LogP contribution is 2.26. The van der Waals surface area contributed by atoms with Crippen molar-refractivity contribution in [1.82, 2.24) is 10.6 Å². The average Bonchev–Trinajstić information content (AvgIpc) is 3.34. The number of hydrogen-bond donors (Lipinski definition) is 3. The van der Waals surface area contributed by atoms with Gasteiger partial charge in [-0.25, -0.2) is 9.79 Å². The number of nitrogens with two attached hydrogens (primary N) is 1. The van der Waals surface area contributed by atoms with Gasteiger partial charge < -0.3 is 25.5 Å². The summed E-state index contributed by atoms with van der Waals surface area (Å²) in [7, 11) is 0. The lowest BCUT2D eigenvalue weighted by Gasteiger charge is -2.19. The summed E-state index contributed by atoms with van der Waals surface area (Å²) in [4.78, 5) is 28.3. The Morgan fingerprint density at radius 1 is 1.28 bits per heavy atom. The minimum absolute atomic E-state index is 0.0974. The molecule has 2 rings (SSSR count). The zero-order chi connectivity index (χ0) is 23.9. The smallest absolute Gasteiger partial charge is 0.430 e. The normalized spacial score (nSPS) is 13.1. The molecule has 0 radical (unpaired) electrons. The predicted molar refractivity (Wildman–Crippen MR) is 114 cm³/mol. The van der Waals surface area contributed by atoms with Crippen LogP contribution in [-0.4, -0.2) is 36.0 Å². The lowest BCUT2D eigenvalue weighted by Crippen LogP contribution is -2.39. The lowest BCUT2D eigenvalue weighted by atomic mass is 10.2. The third-order valence-corrected chi connectivity index (χ3v) is 4.46. The monoisotopic (exact) mass is 472 g/mol. The van der Waals surface area contributed by atoms with Crippen LogP contribution in [0.25, 0.3) is 0 Å². The molecule has 0 saturated carbocycles. The number of ether oxygens (including phenoxy) is 1. The molecule has 8 nitrogen and oxygen atoms in total. The van der Waals surface area contributed by atoms with Crippen molar-refractivity contribution in [1.29, 1.82) is 0 Å². The van der Waals surface area contributed by atoms with Crippen molar-refractivity contribution in [2.75, 3.05) is 6.54 Å². The number of alkyl halides is 3. The molecule has 0 aliphatic rings. The molecule has 0 fully saturated rings. The minimum atomic E-state index is -4.70. The first-order valence-corrected chi connectivity index (χ1v) is 10.2. The van der Waals surface area contributed by atoms with Crippen LogP contribution >= 0.6 is 11.3 Å². The molecule has 32 heavy (non-hydrogen) atoms. The van der Waals surface area contributed by atoms with Crippen LogP contribution in [-0.2, 0) is 16.1 Å². The number of amides is 2. The van der Waals surface area contributed by atoms with E-state index in [2.05, 4.69) is 15.6 Å². The van der Waals surface area contributed by atoms with Crippen LogP contribution in [0.15, 0.2) is 51.0 Å². The van der Waals surface area contributed by atoms with Crippen molar-refractivity contribution in [3.05, 3.63) is 52.3 Å². The summed E-state index contributed by atoms with van der Waals surface area (Å²) in [5.41, 5.74) is 3.39. The van der Waals surface area contributed by atoms with Crippen LogP contribution in [0, 0.1) is 0 Å². The first-order chi connectivity index (χ1) is 14.8. The zero-order valence-corrected chi connectivity index (χ0v) is 18.4. The number of furan rings is 1. The number of halogens is 3. The summed E-state index contributed by atoms with van der Waals surface area (Å²) < 4.78 is 48.6. The second-order valence-corrected chi connectivity index (χ2v) is 8.47. The number of hydrogen-bond acceptors (Lipinski definition) is 7. The summed E-state index contributed by atoms with van der Waals surface area (Å²) in [5, 5.41) is 6.57. The molecule has 0 aliphatic heterocycles. The van der Waals surface area contributed by atoms with Crippen LogP contribution < -0.4 is 16.4 Å². The van der Waals surface area contributed by atoms with E-state index in [-0.39, 0.29) is 24.6 Å². The fourth-order valence-corrected chi connectivity index (χ4v) is 2.92. The Hall–Kier alpha value is -3.28. The molecule has 2 heterocycles. The molecule has 0 bridgehead atoms. The third kappa shape index (κ3) is 8.46. The lowest BCUT2D eigenvalue weighted by molar-refractivity contribution is -0.120. The fraction of sp³-hybridized carbons (Fsp3) is 0.350. The van der Waals surface area contributed by atoms with Crippen molar-refractivity contribution < 1.29 is 31.9 Å². The van der Waals surface area contributed by atoms with Crippen molar-refractivity contribution in [3.63, 3.8) is 0 Å². The number of nitrogens with zero attached hydrogens (tertiary/aromatic N) is 1. The Balaban J connectivity index is 2.00. The van der Waals surface area contributed by atoms with E-state index in [1.54, 1.807) is 32.2 Å². The Bertz CT molecular complexity index is 989. The number of allylic oxidation sites excluding steroid dienone is 2. The molecule has 2 aromatic heterocycles. The molecule has 2 amide bonds. The van der Waals surface area contributed by atoms with Crippen LogP contribution in [0.5, 0.6) is 0 Å². The van der Waals surface area contributed by atoms with Gasteiger partial charge in [-0.2, -0.15) is 13.2 Å². The number of aliphatic imine (C=N–C) groups is 1. The van der Waals surface area contributed by atoms with E-state index in [9.17, 15) is 22.8 Å². The Morgan fingerprint density at radius 2 is 2.00 bits per heavy atom. The molecular weight excluding hydrogens is 449 g/mol. The average molecular weight is 472 g/mol. The maximum Gasteiger partial charge on any atom is 0.430 e. The first-order valence-electron chi connectivity index (χ1n) is 9.31. The molecule has 0 unspecified atom stereocenters. The number of nitrogens with one attached hydrogen (secondary N) is 2. The molecule has 174 valence electrons. The van der Waals surface area contributed by atoms with Gasteiger partial charge in [0.2, 0.25) is 5.91 Å². The maximum atomic E-state index is 12.8. The standard InChI is InChI=1S/C20H23F3N4O4S/c1-19(2,3)31-18(29)26-10-17(28)25-9-13-7-12(11-32-13)27-14(15-5-4-6-30-15)8-16(24)20(21,22)23/h4-8,11H,9-10,24H2,1-3H3,(H,25,28)(H,26,29)/b16-8-,27-14?.